The molecule has 0 aliphatic heterocycles. The van der Waals surface area contributed by atoms with Gasteiger partial charge in [0.05, 0.1) is 17.7 Å². The summed E-state index contributed by atoms with van der Waals surface area (Å²) in [5.41, 5.74) is 0.237. The van der Waals surface area contributed by atoms with E-state index < -0.39 is 11.8 Å². The maximum atomic E-state index is 11.9. The van der Waals surface area contributed by atoms with Gasteiger partial charge in [0.2, 0.25) is 0 Å². The van der Waals surface area contributed by atoms with Gasteiger partial charge in [-0.05, 0) is 50.8 Å². The first kappa shape index (κ1) is 14.9. The number of hydrogen-bond donors (Lipinski definition) is 0. The van der Waals surface area contributed by atoms with Crippen molar-refractivity contribution in [2.45, 2.75) is 38.7 Å². The molecule has 0 spiro atoms. The highest BCUT2D eigenvalue weighted by Gasteiger charge is 2.21. The van der Waals surface area contributed by atoms with Crippen LogP contribution in [0.2, 0.25) is 5.02 Å². The maximum Gasteiger partial charge on any atom is 0.379 e. The van der Waals surface area contributed by atoms with Crippen molar-refractivity contribution >= 4 is 23.4 Å². The van der Waals surface area contributed by atoms with Crippen molar-refractivity contribution in [1.29, 1.82) is 0 Å². The Morgan fingerprint density at radius 2 is 2.00 bits per heavy atom. The highest BCUT2D eigenvalue weighted by molar-refractivity contribution is 6.41. The molecule has 20 heavy (non-hydrogen) atoms. The summed E-state index contributed by atoms with van der Waals surface area (Å²) in [6.45, 7) is 1.82. The lowest BCUT2D eigenvalue weighted by Crippen LogP contribution is -2.18. The predicted molar refractivity (Wildman–Crippen MR) is 75.3 cm³/mol. The van der Waals surface area contributed by atoms with Crippen LogP contribution in [0, 0.1) is 0 Å². The second-order valence-corrected chi connectivity index (χ2v) is 5.13. The Kier molecular flexibility index (Phi) is 5.01. The van der Waals surface area contributed by atoms with E-state index in [4.69, 9.17) is 21.1 Å². The fourth-order valence-electron chi connectivity index (χ4n) is 2.24. The van der Waals surface area contributed by atoms with E-state index in [1.54, 1.807) is 13.0 Å². The number of carbonyl (C=O) groups is 2. The fourth-order valence-corrected chi connectivity index (χ4v) is 2.40. The van der Waals surface area contributed by atoms with Crippen LogP contribution < -0.4 is 4.74 Å². The monoisotopic (exact) mass is 296 g/mol. The quantitative estimate of drug-likeness (QED) is 0.475. The number of benzene rings is 1. The van der Waals surface area contributed by atoms with Gasteiger partial charge < -0.3 is 9.47 Å². The van der Waals surface area contributed by atoms with Crippen LogP contribution in [0.1, 0.15) is 43.0 Å². The Hall–Kier alpha value is -1.55. The first-order chi connectivity index (χ1) is 9.61. The van der Waals surface area contributed by atoms with Gasteiger partial charge in [-0.3, -0.25) is 4.79 Å². The number of carbonyl (C=O) groups excluding carboxylic acids is 2. The number of esters is 1. The number of hydrogen-bond acceptors (Lipinski definition) is 4. The lowest BCUT2D eigenvalue weighted by atomic mass is 10.1. The summed E-state index contributed by atoms with van der Waals surface area (Å²) in [4.78, 5) is 23.3. The third-order valence-corrected chi connectivity index (χ3v) is 3.56. The summed E-state index contributed by atoms with van der Waals surface area (Å²) < 4.78 is 10.5. The summed E-state index contributed by atoms with van der Waals surface area (Å²) >= 11 is 6.07. The predicted octanol–water partition coefficient (Wildman–Crippen LogP) is 3.41. The van der Waals surface area contributed by atoms with Crippen LogP contribution >= 0.6 is 11.6 Å². The van der Waals surface area contributed by atoms with Crippen molar-refractivity contribution in [2.75, 3.05) is 6.61 Å². The van der Waals surface area contributed by atoms with Crippen LogP contribution in [0.25, 0.3) is 0 Å². The van der Waals surface area contributed by atoms with E-state index in [2.05, 4.69) is 0 Å². The topological polar surface area (TPSA) is 52.6 Å². The minimum absolute atomic E-state index is 0.139. The Bertz CT molecular complexity index is 507. The Morgan fingerprint density at radius 3 is 2.65 bits per heavy atom. The number of halogens is 1. The van der Waals surface area contributed by atoms with Crippen molar-refractivity contribution in [3.63, 3.8) is 0 Å². The van der Waals surface area contributed by atoms with E-state index in [0.29, 0.717) is 10.8 Å². The lowest BCUT2D eigenvalue weighted by Gasteiger charge is -2.15. The molecule has 0 bridgehead atoms. The molecular formula is C15H17ClO4. The molecule has 1 saturated carbocycles. The SMILES string of the molecule is CCOC(=O)C(=O)c1ccc(Cl)c(OC2CCCC2)c1. The summed E-state index contributed by atoms with van der Waals surface area (Å²) in [6.07, 6.45) is 4.41. The van der Waals surface area contributed by atoms with E-state index in [1.807, 2.05) is 0 Å². The van der Waals surface area contributed by atoms with Gasteiger partial charge in [0.25, 0.3) is 5.78 Å². The molecule has 0 radical (unpaired) electrons. The Labute approximate surface area is 123 Å². The zero-order valence-electron chi connectivity index (χ0n) is 11.4. The zero-order valence-corrected chi connectivity index (χ0v) is 12.1. The normalized spacial score (nSPS) is 15.1. The molecule has 4 nitrogen and oxygen atoms in total. The summed E-state index contributed by atoms with van der Waals surface area (Å²) in [5, 5.41) is 0.442. The molecule has 5 heteroatoms. The van der Waals surface area contributed by atoms with Gasteiger partial charge in [-0.2, -0.15) is 0 Å². The number of ketones is 1. The standard InChI is InChI=1S/C15H17ClO4/c1-2-19-15(18)14(17)10-7-8-12(16)13(9-10)20-11-5-3-4-6-11/h7-9,11H,2-6H2,1H3. The van der Waals surface area contributed by atoms with Crippen LogP contribution in [0.15, 0.2) is 18.2 Å². The summed E-state index contributed by atoms with van der Waals surface area (Å²) in [7, 11) is 0. The van der Waals surface area contributed by atoms with E-state index >= 15 is 0 Å². The molecule has 1 fully saturated rings. The van der Waals surface area contributed by atoms with Gasteiger partial charge in [0.15, 0.2) is 0 Å². The Morgan fingerprint density at radius 1 is 1.30 bits per heavy atom. The van der Waals surface area contributed by atoms with Crippen LogP contribution in [0.5, 0.6) is 5.75 Å². The largest absolute Gasteiger partial charge is 0.489 e. The van der Waals surface area contributed by atoms with Crippen molar-refractivity contribution in [2.24, 2.45) is 0 Å². The number of Topliss-reactive ketones (excluding diaryl/α,β-unsaturated/α-hetero) is 1. The van der Waals surface area contributed by atoms with Crippen LogP contribution in [0.3, 0.4) is 0 Å². The van der Waals surface area contributed by atoms with Crippen molar-refractivity contribution in [3.8, 4) is 5.75 Å². The molecule has 1 aliphatic rings. The molecule has 0 atom stereocenters. The average molecular weight is 297 g/mol. The molecule has 0 amide bonds. The molecule has 2 rings (SSSR count). The molecular weight excluding hydrogens is 280 g/mol. The minimum atomic E-state index is -0.860. The van der Waals surface area contributed by atoms with Crippen LogP contribution in [-0.4, -0.2) is 24.5 Å². The van der Waals surface area contributed by atoms with Gasteiger partial charge in [-0.1, -0.05) is 11.6 Å². The number of ether oxygens (including phenoxy) is 2. The fraction of sp³-hybridized carbons (Fsp3) is 0.467. The molecule has 1 aromatic carbocycles. The first-order valence-corrected chi connectivity index (χ1v) is 7.17. The molecule has 108 valence electrons. The third-order valence-electron chi connectivity index (χ3n) is 3.25. The van der Waals surface area contributed by atoms with E-state index in [0.717, 1.165) is 25.7 Å². The van der Waals surface area contributed by atoms with E-state index in [9.17, 15) is 9.59 Å². The van der Waals surface area contributed by atoms with E-state index in [1.165, 1.54) is 12.1 Å². The smallest absolute Gasteiger partial charge is 0.379 e. The Balaban J connectivity index is 2.14. The van der Waals surface area contributed by atoms with Crippen molar-refractivity contribution < 1.29 is 19.1 Å². The third kappa shape index (κ3) is 3.51. The molecule has 0 aromatic heterocycles. The average Bonchev–Trinajstić information content (AvgIpc) is 2.93. The van der Waals surface area contributed by atoms with E-state index in [-0.39, 0.29) is 18.3 Å². The molecule has 0 saturated heterocycles. The molecule has 1 aromatic rings. The second-order valence-electron chi connectivity index (χ2n) is 4.72. The maximum absolute atomic E-state index is 11.9. The van der Waals surface area contributed by atoms with Gasteiger partial charge in [-0.15, -0.1) is 0 Å². The van der Waals surface area contributed by atoms with Gasteiger partial charge in [0, 0.05) is 5.56 Å². The van der Waals surface area contributed by atoms with Gasteiger partial charge in [-0.25, -0.2) is 4.79 Å². The molecule has 0 heterocycles. The minimum Gasteiger partial charge on any atom is -0.489 e. The van der Waals surface area contributed by atoms with Gasteiger partial charge >= 0.3 is 5.97 Å². The lowest BCUT2D eigenvalue weighted by molar-refractivity contribution is -0.137. The second kappa shape index (κ2) is 6.75. The first-order valence-electron chi connectivity index (χ1n) is 6.79. The van der Waals surface area contributed by atoms with Gasteiger partial charge in [0.1, 0.15) is 5.75 Å². The van der Waals surface area contributed by atoms with Crippen LogP contribution in [0.4, 0.5) is 0 Å². The van der Waals surface area contributed by atoms with Crippen molar-refractivity contribution in [3.05, 3.63) is 28.8 Å². The van der Waals surface area contributed by atoms with Crippen LogP contribution in [-0.2, 0) is 9.53 Å². The molecule has 0 unspecified atom stereocenters. The summed E-state index contributed by atoms with van der Waals surface area (Å²) in [5.74, 6) is -1.09. The highest BCUT2D eigenvalue weighted by atomic mass is 35.5. The molecule has 1 aliphatic carbocycles. The zero-order chi connectivity index (χ0) is 14.5. The van der Waals surface area contributed by atoms with Crippen molar-refractivity contribution in [1.82, 2.24) is 0 Å². The molecule has 0 N–H and O–H groups in total. The number of rotatable bonds is 5. The highest BCUT2D eigenvalue weighted by Crippen LogP contribution is 2.30. The summed E-state index contributed by atoms with van der Waals surface area (Å²) in [6, 6.07) is 4.58.